The Labute approximate surface area is 99.4 Å². The van der Waals surface area contributed by atoms with Crippen LogP contribution >= 0.6 is 0 Å². The van der Waals surface area contributed by atoms with E-state index in [4.69, 9.17) is 4.52 Å². The minimum atomic E-state index is -0.265. The first-order valence-corrected chi connectivity index (χ1v) is 6.18. The molecule has 0 unspecified atom stereocenters. The largest absolute Gasteiger partial charge is 0.393 e. The molecule has 5 nitrogen and oxygen atoms in total. The third kappa shape index (κ3) is 2.20. The second kappa shape index (κ2) is 4.14. The maximum atomic E-state index is 12.1. The number of rotatable bonds is 2. The molecule has 92 valence electrons. The highest BCUT2D eigenvalue weighted by atomic mass is 16.5. The van der Waals surface area contributed by atoms with Crippen molar-refractivity contribution in [1.82, 2.24) is 10.1 Å². The number of carbonyl (C=O) groups excluding carboxylic acids is 1. The summed E-state index contributed by atoms with van der Waals surface area (Å²) < 4.78 is 5.17. The summed E-state index contributed by atoms with van der Waals surface area (Å²) in [5.74, 6) is 1.24. The number of aliphatic hydroxyl groups is 1. The summed E-state index contributed by atoms with van der Waals surface area (Å²) in [6.45, 7) is 1.21. The van der Waals surface area contributed by atoms with E-state index in [9.17, 15) is 9.90 Å². The second-order valence-electron chi connectivity index (χ2n) is 4.91. The lowest BCUT2D eigenvalue weighted by molar-refractivity contribution is 0.0538. The van der Waals surface area contributed by atoms with Gasteiger partial charge in [0.25, 0.3) is 5.91 Å². The van der Waals surface area contributed by atoms with Gasteiger partial charge < -0.3 is 14.5 Å². The highest BCUT2D eigenvalue weighted by Gasteiger charge is 2.30. The molecule has 0 bridgehead atoms. The van der Waals surface area contributed by atoms with E-state index in [-0.39, 0.29) is 12.0 Å². The summed E-state index contributed by atoms with van der Waals surface area (Å²) in [5, 5.41) is 13.2. The van der Waals surface area contributed by atoms with Crippen molar-refractivity contribution in [2.75, 3.05) is 13.1 Å². The van der Waals surface area contributed by atoms with E-state index in [2.05, 4.69) is 5.16 Å². The van der Waals surface area contributed by atoms with Crippen LogP contribution < -0.4 is 0 Å². The van der Waals surface area contributed by atoms with Crippen LogP contribution in [0.3, 0.4) is 0 Å². The molecule has 1 aromatic heterocycles. The van der Waals surface area contributed by atoms with Gasteiger partial charge in [0, 0.05) is 25.1 Å². The zero-order valence-corrected chi connectivity index (χ0v) is 9.63. The van der Waals surface area contributed by atoms with Gasteiger partial charge in [-0.2, -0.15) is 0 Å². The molecule has 1 aliphatic heterocycles. The first-order chi connectivity index (χ1) is 8.24. The molecular weight excluding hydrogens is 220 g/mol. The summed E-state index contributed by atoms with van der Waals surface area (Å²) >= 11 is 0. The minimum absolute atomic E-state index is 0.0763. The maximum Gasteiger partial charge on any atom is 0.276 e. The minimum Gasteiger partial charge on any atom is -0.393 e. The fourth-order valence-corrected chi connectivity index (χ4v) is 2.18. The molecule has 2 aliphatic rings. The van der Waals surface area contributed by atoms with E-state index >= 15 is 0 Å². The topological polar surface area (TPSA) is 66.6 Å². The number of carbonyl (C=O) groups is 1. The molecule has 1 aromatic rings. The van der Waals surface area contributed by atoms with Crippen molar-refractivity contribution in [2.24, 2.45) is 0 Å². The highest BCUT2D eigenvalue weighted by molar-refractivity contribution is 5.92. The normalized spacial score (nSPS) is 21.8. The molecule has 17 heavy (non-hydrogen) atoms. The van der Waals surface area contributed by atoms with Crippen molar-refractivity contribution < 1.29 is 14.4 Å². The quantitative estimate of drug-likeness (QED) is 0.836. The summed E-state index contributed by atoms with van der Waals surface area (Å²) in [5.41, 5.74) is 0.406. The van der Waals surface area contributed by atoms with Crippen molar-refractivity contribution in [2.45, 2.75) is 37.7 Å². The number of amides is 1. The smallest absolute Gasteiger partial charge is 0.276 e. The molecule has 1 amide bonds. The lowest BCUT2D eigenvalue weighted by atomic mass is 10.1. The van der Waals surface area contributed by atoms with E-state index in [1.54, 1.807) is 11.0 Å². The zero-order valence-electron chi connectivity index (χ0n) is 9.63. The monoisotopic (exact) mass is 236 g/mol. The van der Waals surface area contributed by atoms with Crippen LogP contribution in [0.1, 0.15) is 47.8 Å². The predicted octanol–water partition coefficient (Wildman–Crippen LogP) is 1.15. The Morgan fingerprint density at radius 2 is 2.06 bits per heavy atom. The van der Waals surface area contributed by atoms with Crippen LogP contribution in [-0.2, 0) is 0 Å². The van der Waals surface area contributed by atoms with Gasteiger partial charge in [0.15, 0.2) is 5.69 Å². The zero-order chi connectivity index (χ0) is 11.8. The van der Waals surface area contributed by atoms with Gasteiger partial charge in [-0.15, -0.1) is 0 Å². The van der Waals surface area contributed by atoms with Crippen LogP contribution in [0.2, 0.25) is 0 Å². The second-order valence-corrected chi connectivity index (χ2v) is 4.91. The van der Waals surface area contributed by atoms with Gasteiger partial charge in [-0.1, -0.05) is 5.16 Å². The van der Waals surface area contributed by atoms with Gasteiger partial charge in [-0.25, -0.2) is 0 Å². The summed E-state index contributed by atoms with van der Waals surface area (Å²) in [7, 11) is 0. The van der Waals surface area contributed by atoms with Crippen molar-refractivity contribution in [3.63, 3.8) is 0 Å². The van der Waals surface area contributed by atoms with E-state index in [0.717, 1.165) is 18.6 Å². The first kappa shape index (κ1) is 10.8. The van der Waals surface area contributed by atoms with Crippen LogP contribution in [0, 0.1) is 0 Å². The number of aliphatic hydroxyl groups excluding tert-OH is 1. The number of piperidine rings is 1. The SMILES string of the molecule is O=C(c1cc(C2CC2)on1)N1CCC(O)CC1. The Morgan fingerprint density at radius 3 is 2.71 bits per heavy atom. The molecule has 2 fully saturated rings. The Balaban J connectivity index is 1.67. The van der Waals surface area contributed by atoms with Crippen LogP contribution in [0.5, 0.6) is 0 Å². The third-order valence-electron chi connectivity index (χ3n) is 3.48. The molecule has 2 heterocycles. The number of likely N-dealkylation sites (tertiary alicyclic amines) is 1. The molecule has 1 saturated heterocycles. The van der Waals surface area contributed by atoms with E-state index in [1.807, 2.05) is 0 Å². The average Bonchev–Trinajstić information content (AvgIpc) is 3.07. The van der Waals surface area contributed by atoms with Gasteiger partial charge >= 0.3 is 0 Å². The third-order valence-corrected chi connectivity index (χ3v) is 3.48. The Bertz CT molecular complexity index is 417. The van der Waals surface area contributed by atoms with Gasteiger partial charge in [0.05, 0.1) is 6.10 Å². The van der Waals surface area contributed by atoms with Crippen LogP contribution in [-0.4, -0.2) is 40.3 Å². The van der Waals surface area contributed by atoms with Crippen molar-refractivity contribution >= 4 is 5.91 Å². The molecule has 1 N–H and O–H groups in total. The molecule has 1 aliphatic carbocycles. The Morgan fingerprint density at radius 1 is 1.35 bits per heavy atom. The van der Waals surface area contributed by atoms with E-state index < -0.39 is 0 Å². The fraction of sp³-hybridized carbons (Fsp3) is 0.667. The molecular formula is C12H16N2O3. The Kier molecular flexibility index (Phi) is 2.63. The molecule has 0 spiro atoms. The molecule has 3 rings (SSSR count). The van der Waals surface area contributed by atoms with Gasteiger partial charge in [0.2, 0.25) is 0 Å². The fourth-order valence-electron chi connectivity index (χ4n) is 2.18. The van der Waals surface area contributed by atoms with E-state index in [0.29, 0.717) is 37.5 Å². The number of aromatic nitrogens is 1. The average molecular weight is 236 g/mol. The lowest BCUT2D eigenvalue weighted by Gasteiger charge is -2.28. The van der Waals surface area contributed by atoms with Crippen LogP contribution in [0.25, 0.3) is 0 Å². The predicted molar refractivity (Wildman–Crippen MR) is 59.6 cm³/mol. The standard InChI is InChI=1S/C12H16N2O3/c15-9-3-5-14(6-4-9)12(16)10-7-11(17-13-10)8-1-2-8/h7-9,15H,1-6H2. The lowest BCUT2D eigenvalue weighted by Crippen LogP contribution is -2.40. The molecule has 0 aromatic carbocycles. The van der Waals surface area contributed by atoms with Gasteiger partial charge in [0.1, 0.15) is 5.76 Å². The van der Waals surface area contributed by atoms with Crippen molar-refractivity contribution in [3.8, 4) is 0 Å². The number of hydrogen-bond donors (Lipinski definition) is 1. The van der Waals surface area contributed by atoms with Crippen molar-refractivity contribution in [1.29, 1.82) is 0 Å². The Hall–Kier alpha value is -1.36. The molecule has 5 heteroatoms. The maximum absolute atomic E-state index is 12.1. The van der Waals surface area contributed by atoms with Crippen LogP contribution in [0.15, 0.2) is 10.6 Å². The van der Waals surface area contributed by atoms with Crippen LogP contribution in [0.4, 0.5) is 0 Å². The summed E-state index contributed by atoms with van der Waals surface area (Å²) in [6.07, 6.45) is 3.31. The number of nitrogens with zero attached hydrogens (tertiary/aromatic N) is 2. The van der Waals surface area contributed by atoms with Crippen molar-refractivity contribution in [3.05, 3.63) is 17.5 Å². The van der Waals surface area contributed by atoms with E-state index in [1.165, 1.54) is 0 Å². The molecule has 1 saturated carbocycles. The van der Waals surface area contributed by atoms with Gasteiger partial charge in [-0.05, 0) is 25.7 Å². The van der Waals surface area contributed by atoms with Gasteiger partial charge in [-0.3, -0.25) is 4.79 Å². The first-order valence-electron chi connectivity index (χ1n) is 6.18. The number of hydrogen-bond acceptors (Lipinski definition) is 4. The molecule has 0 radical (unpaired) electrons. The highest BCUT2D eigenvalue weighted by Crippen LogP contribution is 2.40. The summed E-state index contributed by atoms with van der Waals surface area (Å²) in [4.78, 5) is 13.8. The summed E-state index contributed by atoms with van der Waals surface area (Å²) in [6, 6.07) is 1.77. The molecule has 0 atom stereocenters.